The lowest BCUT2D eigenvalue weighted by Gasteiger charge is -2.33. The van der Waals surface area contributed by atoms with Crippen molar-refractivity contribution in [1.82, 2.24) is 4.98 Å². The summed E-state index contributed by atoms with van der Waals surface area (Å²) in [5.74, 6) is 0.225. The number of nitro groups is 1. The Morgan fingerprint density at radius 3 is 2.90 bits per heavy atom. The second-order valence-electron chi connectivity index (χ2n) is 5.78. The smallest absolute Gasteiger partial charge is 0.311 e. The van der Waals surface area contributed by atoms with Crippen molar-refractivity contribution in [1.29, 1.82) is 0 Å². The van der Waals surface area contributed by atoms with Gasteiger partial charge in [-0.05, 0) is 31.2 Å². The maximum Gasteiger partial charge on any atom is 0.311 e. The molecule has 0 bridgehead atoms. The molecule has 1 aromatic rings. The van der Waals surface area contributed by atoms with E-state index in [0.29, 0.717) is 12.3 Å². The summed E-state index contributed by atoms with van der Waals surface area (Å²) in [6, 6.07) is 2.60. The first-order valence-electron chi connectivity index (χ1n) is 7.26. The highest BCUT2D eigenvalue weighted by atomic mass is 16.6. The standard InChI is InChI=1S/C14H18N4O3/c15-13(19)12-8-9-4-1-2-5-10(9)17(12)14-11(18(20)21)6-3-7-16-14/h3,6-7,9-10,12H,1-2,4-5,8H2,(H2,15,19)/t9-,10+,12-/m0/s1. The molecule has 1 amide bonds. The summed E-state index contributed by atoms with van der Waals surface area (Å²) in [6.45, 7) is 0. The molecule has 112 valence electrons. The van der Waals surface area contributed by atoms with Crippen molar-refractivity contribution in [3.8, 4) is 0 Å². The molecule has 1 saturated heterocycles. The number of pyridine rings is 1. The van der Waals surface area contributed by atoms with Crippen LogP contribution in [-0.2, 0) is 4.79 Å². The second-order valence-corrected chi connectivity index (χ2v) is 5.78. The number of primary amides is 1. The van der Waals surface area contributed by atoms with Crippen LogP contribution in [0.4, 0.5) is 11.5 Å². The predicted molar refractivity (Wildman–Crippen MR) is 76.7 cm³/mol. The van der Waals surface area contributed by atoms with Crippen molar-refractivity contribution in [2.24, 2.45) is 11.7 Å². The summed E-state index contributed by atoms with van der Waals surface area (Å²) in [5, 5.41) is 11.2. The molecule has 3 rings (SSSR count). The Labute approximate surface area is 122 Å². The van der Waals surface area contributed by atoms with Crippen molar-refractivity contribution in [3.05, 3.63) is 28.4 Å². The van der Waals surface area contributed by atoms with E-state index in [-0.39, 0.29) is 17.5 Å². The molecule has 2 N–H and O–H groups in total. The molecule has 0 spiro atoms. The predicted octanol–water partition coefficient (Wildman–Crippen LogP) is 1.61. The van der Waals surface area contributed by atoms with Crippen LogP contribution in [0, 0.1) is 16.0 Å². The third-order valence-electron chi connectivity index (χ3n) is 4.62. The fourth-order valence-corrected chi connectivity index (χ4v) is 3.75. The fraction of sp³-hybridized carbons (Fsp3) is 0.571. The summed E-state index contributed by atoms with van der Waals surface area (Å²) in [5.41, 5.74) is 5.47. The lowest BCUT2D eigenvalue weighted by atomic mass is 9.84. The van der Waals surface area contributed by atoms with E-state index in [1.165, 1.54) is 18.3 Å². The van der Waals surface area contributed by atoms with Gasteiger partial charge in [0.15, 0.2) is 0 Å². The van der Waals surface area contributed by atoms with E-state index in [1.54, 1.807) is 0 Å². The van der Waals surface area contributed by atoms with Gasteiger partial charge in [-0.1, -0.05) is 12.8 Å². The van der Waals surface area contributed by atoms with E-state index >= 15 is 0 Å². The fourth-order valence-electron chi connectivity index (χ4n) is 3.75. The van der Waals surface area contributed by atoms with Gasteiger partial charge in [0.1, 0.15) is 6.04 Å². The number of amides is 1. The Morgan fingerprint density at radius 2 is 2.19 bits per heavy atom. The molecule has 7 heteroatoms. The number of nitrogens with two attached hydrogens (primary N) is 1. The van der Waals surface area contributed by atoms with E-state index in [9.17, 15) is 14.9 Å². The number of rotatable bonds is 3. The first-order valence-corrected chi connectivity index (χ1v) is 7.26. The Kier molecular flexibility index (Phi) is 3.48. The topological polar surface area (TPSA) is 102 Å². The Hall–Kier alpha value is -2.18. The van der Waals surface area contributed by atoms with Crippen LogP contribution in [0.25, 0.3) is 0 Å². The minimum absolute atomic E-state index is 0.0602. The van der Waals surface area contributed by atoms with Crippen LogP contribution < -0.4 is 10.6 Å². The molecule has 21 heavy (non-hydrogen) atoms. The lowest BCUT2D eigenvalue weighted by Crippen LogP contribution is -2.45. The number of aromatic nitrogens is 1. The molecule has 1 aliphatic heterocycles. The monoisotopic (exact) mass is 290 g/mol. The number of nitrogens with zero attached hydrogens (tertiary/aromatic N) is 3. The molecule has 1 saturated carbocycles. The third kappa shape index (κ3) is 2.32. The highest BCUT2D eigenvalue weighted by Crippen LogP contribution is 2.43. The Bertz CT molecular complexity index is 577. The van der Waals surface area contributed by atoms with E-state index in [1.807, 2.05) is 4.90 Å². The number of hydrogen-bond donors (Lipinski definition) is 1. The molecule has 3 atom stereocenters. The summed E-state index contributed by atoms with van der Waals surface area (Å²) >= 11 is 0. The molecule has 2 aliphatic rings. The molecule has 1 aliphatic carbocycles. The number of fused-ring (bicyclic) bond motifs is 1. The van der Waals surface area contributed by atoms with Crippen LogP contribution in [0.15, 0.2) is 18.3 Å². The van der Waals surface area contributed by atoms with Crippen LogP contribution in [0.3, 0.4) is 0 Å². The van der Waals surface area contributed by atoms with Crippen LogP contribution in [0.1, 0.15) is 32.1 Å². The van der Waals surface area contributed by atoms with E-state index in [2.05, 4.69) is 4.98 Å². The zero-order valence-electron chi connectivity index (χ0n) is 11.6. The summed E-state index contributed by atoms with van der Waals surface area (Å²) < 4.78 is 0. The highest BCUT2D eigenvalue weighted by molar-refractivity contribution is 5.85. The van der Waals surface area contributed by atoms with Crippen molar-refractivity contribution < 1.29 is 9.72 Å². The zero-order valence-corrected chi connectivity index (χ0v) is 11.6. The van der Waals surface area contributed by atoms with Crippen LogP contribution >= 0.6 is 0 Å². The van der Waals surface area contributed by atoms with Crippen molar-refractivity contribution in [2.45, 2.75) is 44.2 Å². The van der Waals surface area contributed by atoms with E-state index < -0.39 is 16.9 Å². The minimum Gasteiger partial charge on any atom is -0.368 e. The molecule has 2 fully saturated rings. The van der Waals surface area contributed by atoms with Gasteiger partial charge in [0, 0.05) is 18.3 Å². The van der Waals surface area contributed by atoms with Gasteiger partial charge < -0.3 is 10.6 Å². The molecule has 0 unspecified atom stereocenters. The van der Waals surface area contributed by atoms with Crippen molar-refractivity contribution >= 4 is 17.4 Å². The number of carbonyl (C=O) groups excluding carboxylic acids is 1. The normalized spacial score (nSPS) is 28.2. The Morgan fingerprint density at radius 1 is 1.43 bits per heavy atom. The Balaban J connectivity index is 2.04. The van der Waals surface area contributed by atoms with Gasteiger partial charge in [0.05, 0.1) is 4.92 Å². The maximum atomic E-state index is 11.8. The van der Waals surface area contributed by atoms with E-state index in [4.69, 9.17) is 5.73 Å². The number of carbonyl (C=O) groups is 1. The van der Waals surface area contributed by atoms with Gasteiger partial charge in [-0.3, -0.25) is 14.9 Å². The molecule has 7 nitrogen and oxygen atoms in total. The second kappa shape index (κ2) is 5.31. The first kappa shape index (κ1) is 13.8. The molecule has 0 aromatic carbocycles. The third-order valence-corrected chi connectivity index (χ3v) is 4.62. The van der Waals surface area contributed by atoms with Crippen LogP contribution in [0.2, 0.25) is 0 Å². The molecule has 2 heterocycles. The minimum atomic E-state index is -0.494. The van der Waals surface area contributed by atoms with Gasteiger partial charge in [-0.15, -0.1) is 0 Å². The van der Waals surface area contributed by atoms with Gasteiger partial charge in [0.25, 0.3) is 0 Å². The quantitative estimate of drug-likeness (QED) is 0.673. The summed E-state index contributed by atoms with van der Waals surface area (Å²) in [6.07, 6.45) is 6.40. The van der Waals surface area contributed by atoms with Crippen LogP contribution in [0.5, 0.6) is 0 Å². The SMILES string of the molecule is NC(=O)[C@@H]1C[C@@H]2CCCC[C@H]2N1c1ncccc1[N+](=O)[O-]. The molecular formula is C14H18N4O3. The average molecular weight is 290 g/mol. The van der Waals surface area contributed by atoms with Gasteiger partial charge in [-0.25, -0.2) is 4.98 Å². The lowest BCUT2D eigenvalue weighted by molar-refractivity contribution is -0.384. The van der Waals surface area contributed by atoms with Crippen molar-refractivity contribution in [3.63, 3.8) is 0 Å². The van der Waals surface area contributed by atoms with Gasteiger partial charge >= 0.3 is 5.69 Å². The largest absolute Gasteiger partial charge is 0.368 e. The summed E-state index contributed by atoms with van der Waals surface area (Å²) in [7, 11) is 0. The average Bonchev–Trinajstić information content (AvgIpc) is 2.86. The highest BCUT2D eigenvalue weighted by Gasteiger charge is 2.46. The van der Waals surface area contributed by atoms with Crippen LogP contribution in [-0.4, -0.2) is 27.9 Å². The number of hydrogen-bond acceptors (Lipinski definition) is 5. The van der Waals surface area contributed by atoms with E-state index in [0.717, 1.165) is 25.7 Å². The molecule has 0 radical (unpaired) electrons. The molecule has 1 aromatic heterocycles. The van der Waals surface area contributed by atoms with Gasteiger partial charge in [-0.2, -0.15) is 0 Å². The van der Waals surface area contributed by atoms with Gasteiger partial charge in [0.2, 0.25) is 11.7 Å². The molecular weight excluding hydrogens is 272 g/mol. The zero-order chi connectivity index (χ0) is 15.0. The summed E-state index contributed by atoms with van der Waals surface area (Å²) in [4.78, 5) is 28.6. The first-order chi connectivity index (χ1) is 10.1. The number of anilines is 1. The van der Waals surface area contributed by atoms with Crippen molar-refractivity contribution in [2.75, 3.05) is 4.90 Å². The maximum absolute atomic E-state index is 11.8.